The van der Waals surface area contributed by atoms with Gasteiger partial charge in [0.1, 0.15) is 0 Å². The van der Waals surface area contributed by atoms with E-state index in [1.54, 1.807) is 0 Å². The van der Waals surface area contributed by atoms with Crippen LogP contribution in [-0.2, 0) is 12.6 Å². The smallest absolute Gasteiger partial charge is 0.258 e. The molecule has 0 unspecified atom stereocenters. The van der Waals surface area contributed by atoms with Crippen molar-refractivity contribution in [2.24, 2.45) is 0 Å². The third-order valence-electron chi connectivity index (χ3n) is 1.49. The Morgan fingerprint density at radius 2 is 2.14 bits per heavy atom. The van der Waals surface area contributed by atoms with E-state index in [1.165, 1.54) is 0 Å². The summed E-state index contributed by atoms with van der Waals surface area (Å²) in [6.07, 6.45) is -3.70. The maximum Gasteiger partial charge on any atom is 0.417 e. The SMILES string of the molecule is N#CCc1ncc(C(F)(F)F)cc1Br. The molecule has 1 aromatic rings. The molecule has 0 aliphatic heterocycles. The van der Waals surface area contributed by atoms with E-state index >= 15 is 0 Å². The molecule has 1 heterocycles. The van der Waals surface area contributed by atoms with E-state index in [4.69, 9.17) is 5.26 Å². The van der Waals surface area contributed by atoms with Crippen LogP contribution in [0, 0.1) is 11.3 Å². The molecular formula is C8H4BrF3N2. The molecule has 0 atom stereocenters. The van der Waals surface area contributed by atoms with Crippen LogP contribution in [0.4, 0.5) is 13.2 Å². The highest BCUT2D eigenvalue weighted by Gasteiger charge is 2.31. The molecule has 1 rings (SSSR count). The van der Waals surface area contributed by atoms with Gasteiger partial charge in [0.05, 0.1) is 23.7 Å². The zero-order valence-corrected chi connectivity index (χ0v) is 8.35. The van der Waals surface area contributed by atoms with Gasteiger partial charge in [0.2, 0.25) is 0 Å². The number of alkyl halides is 3. The van der Waals surface area contributed by atoms with E-state index in [2.05, 4.69) is 20.9 Å². The van der Waals surface area contributed by atoms with Crippen LogP contribution in [0.15, 0.2) is 16.7 Å². The quantitative estimate of drug-likeness (QED) is 0.782. The number of aromatic nitrogens is 1. The van der Waals surface area contributed by atoms with Crippen molar-refractivity contribution in [3.63, 3.8) is 0 Å². The second kappa shape index (κ2) is 3.96. The molecule has 1 aromatic heterocycles. The molecule has 0 amide bonds. The van der Waals surface area contributed by atoms with Crippen molar-refractivity contribution in [3.8, 4) is 6.07 Å². The highest BCUT2D eigenvalue weighted by molar-refractivity contribution is 9.10. The van der Waals surface area contributed by atoms with Crippen LogP contribution in [-0.4, -0.2) is 4.98 Å². The summed E-state index contributed by atoms with van der Waals surface area (Å²) < 4.78 is 36.7. The van der Waals surface area contributed by atoms with E-state index in [0.29, 0.717) is 5.69 Å². The number of nitrogens with zero attached hydrogens (tertiary/aromatic N) is 2. The summed E-state index contributed by atoms with van der Waals surface area (Å²) >= 11 is 2.93. The summed E-state index contributed by atoms with van der Waals surface area (Å²) in [6.45, 7) is 0. The minimum Gasteiger partial charge on any atom is -0.258 e. The molecule has 74 valence electrons. The van der Waals surface area contributed by atoms with Gasteiger partial charge in [0.15, 0.2) is 0 Å². The molecule has 0 bridgehead atoms. The van der Waals surface area contributed by atoms with Gasteiger partial charge in [-0.25, -0.2) is 0 Å². The Kier molecular flexibility index (Phi) is 3.11. The molecule has 0 saturated heterocycles. The minimum atomic E-state index is -4.40. The summed E-state index contributed by atoms with van der Waals surface area (Å²) in [6, 6.07) is 2.73. The fraction of sp³-hybridized carbons (Fsp3) is 0.250. The Labute approximate surface area is 86.5 Å². The Hall–Kier alpha value is -1.09. The lowest BCUT2D eigenvalue weighted by Gasteiger charge is -2.07. The Balaban J connectivity index is 3.08. The molecule has 0 saturated carbocycles. The van der Waals surface area contributed by atoms with Crippen molar-refractivity contribution < 1.29 is 13.2 Å². The largest absolute Gasteiger partial charge is 0.417 e. The maximum absolute atomic E-state index is 12.2. The maximum atomic E-state index is 12.2. The topological polar surface area (TPSA) is 36.7 Å². The second-order valence-electron chi connectivity index (χ2n) is 2.49. The van der Waals surface area contributed by atoms with Crippen molar-refractivity contribution in [3.05, 3.63) is 28.0 Å². The number of pyridine rings is 1. The van der Waals surface area contributed by atoms with Gasteiger partial charge in [-0.15, -0.1) is 0 Å². The van der Waals surface area contributed by atoms with E-state index in [-0.39, 0.29) is 10.9 Å². The lowest BCUT2D eigenvalue weighted by Crippen LogP contribution is -2.06. The van der Waals surface area contributed by atoms with E-state index in [0.717, 1.165) is 12.3 Å². The van der Waals surface area contributed by atoms with Crippen LogP contribution >= 0.6 is 15.9 Å². The third-order valence-corrected chi connectivity index (χ3v) is 2.18. The second-order valence-corrected chi connectivity index (χ2v) is 3.34. The van der Waals surface area contributed by atoms with Gasteiger partial charge in [-0.3, -0.25) is 4.98 Å². The highest BCUT2D eigenvalue weighted by Crippen LogP contribution is 2.31. The number of nitriles is 1. The lowest BCUT2D eigenvalue weighted by atomic mass is 10.2. The number of rotatable bonds is 1. The van der Waals surface area contributed by atoms with Crippen LogP contribution < -0.4 is 0 Å². The normalized spacial score (nSPS) is 11.1. The first-order valence-electron chi connectivity index (χ1n) is 3.53. The summed E-state index contributed by atoms with van der Waals surface area (Å²) in [4.78, 5) is 3.55. The van der Waals surface area contributed by atoms with Gasteiger partial charge in [-0.05, 0) is 22.0 Å². The van der Waals surface area contributed by atoms with Gasteiger partial charge in [0.25, 0.3) is 0 Å². The van der Waals surface area contributed by atoms with Gasteiger partial charge in [-0.1, -0.05) is 0 Å². The number of hydrogen-bond donors (Lipinski definition) is 0. The van der Waals surface area contributed by atoms with E-state index < -0.39 is 11.7 Å². The molecular weight excluding hydrogens is 261 g/mol. The first-order valence-corrected chi connectivity index (χ1v) is 4.33. The lowest BCUT2D eigenvalue weighted by molar-refractivity contribution is -0.137. The summed E-state index contributed by atoms with van der Waals surface area (Å²) in [7, 11) is 0. The fourth-order valence-electron chi connectivity index (χ4n) is 0.826. The number of halogens is 4. The van der Waals surface area contributed by atoms with Crippen molar-refractivity contribution in [1.82, 2.24) is 4.98 Å². The Morgan fingerprint density at radius 3 is 2.57 bits per heavy atom. The molecule has 0 spiro atoms. The van der Waals surface area contributed by atoms with Crippen molar-refractivity contribution in [2.45, 2.75) is 12.6 Å². The van der Waals surface area contributed by atoms with Crippen molar-refractivity contribution >= 4 is 15.9 Å². The predicted octanol–water partition coefficient (Wildman–Crippen LogP) is 2.93. The Bertz CT molecular complexity index is 381. The van der Waals surface area contributed by atoms with E-state index in [1.807, 2.05) is 6.07 Å². The van der Waals surface area contributed by atoms with Crippen LogP contribution in [0.5, 0.6) is 0 Å². The minimum absolute atomic E-state index is 0.0152. The molecule has 0 fully saturated rings. The van der Waals surface area contributed by atoms with Crippen molar-refractivity contribution in [2.75, 3.05) is 0 Å². The van der Waals surface area contributed by atoms with Gasteiger partial charge in [0, 0.05) is 10.7 Å². The molecule has 14 heavy (non-hydrogen) atoms. The molecule has 2 nitrogen and oxygen atoms in total. The first kappa shape index (κ1) is 11.0. The van der Waals surface area contributed by atoms with Crippen LogP contribution in [0.2, 0.25) is 0 Å². The molecule has 6 heteroatoms. The summed E-state index contributed by atoms with van der Waals surface area (Å²) in [5.41, 5.74) is -0.522. The standard InChI is InChI=1S/C8H4BrF3N2/c9-6-3-5(8(10,11)12)4-14-7(6)1-2-13/h3-4H,1H2. The molecule has 0 aliphatic rings. The fourth-order valence-corrected chi connectivity index (χ4v) is 1.32. The summed E-state index contributed by atoms with van der Waals surface area (Å²) in [5, 5.41) is 8.34. The summed E-state index contributed by atoms with van der Waals surface area (Å²) in [5.74, 6) is 0. The Morgan fingerprint density at radius 1 is 1.50 bits per heavy atom. The van der Waals surface area contributed by atoms with Crippen LogP contribution in [0.25, 0.3) is 0 Å². The predicted molar refractivity (Wildman–Crippen MR) is 46.3 cm³/mol. The van der Waals surface area contributed by atoms with Crippen LogP contribution in [0.3, 0.4) is 0 Å². The van der Waals surface area contributed by atoms with Crippen molar-refractivity contribution in [1.29, 1.82) is 5.26 Å². The van der Waals surface area contributed by atoms with Crippen LogP contribution in [0.1, 0.15) is 11.3 Å². The third kappa shape index (κ3) is 2.45. The average Bonchev–Trinajstić information content (AvgIpc) is 2.07. The molecule has 0 N–H and O–H groups in total. The van der Waals surface area contributed by atoms with Gasteiger partial charge < -0.3 is 0 Å². The monoisotopic (exact) mass is 264 g/mol. The molecule has 0 aromatic carbocycles. The molecule has 0 radical (unpaired) electrons. The van der Waals surface area contributed by atoms with Gasteiger partial charge in [-0.2, -0.15) is 18.4 Å². The highest BCUT2D eigenvalue weighted by atomic mass is 79.9. The zero-order valence-electron chi connectivity index (χ0n) is 6.77. The molecule has 0 aliphatic carbocycles. The average molecular weight is 265 g/mol. The van der Waals surface area contributed by atoms with E-state index in [9.17, 15) is 13.2 Å². The zero-order chi connectivity index (χ0) is 10.8. The first-order chi connectivity index (χ1) is 6.45. The number of hydrogen-bond acceptors (Lipinski definition) is 2. The van der Waals surface area contributed by atoms with Gasteiger partial charge >= 0.3 is 6.18 Å².